The van der Waals surface area contributed by atoms with E-state index in [0.29, 0.717) is 12.6 Å². The number of aliphatic imine (C=N–C) groups is 1. The maximum atomic E-state index is 6.16. The molecular weight excluding hydrogens is 300 g/mol. The number of nitrogens with one attached hydrogen (secondary N) is 1. The van der Waals surface area contributed by atoms with Gasteiger partial charge in [0.15, 0.2) is 5.96 Å². The van der Waals surface area contributed by atoms with Gasteiger partial charge in [-0.1, -0.05) is 32.0 Å². The topological polar surface area (TPSA) is 62.9 Å². The summed E-state index contributed by atoms with van der Waals surface area (Å²) in [5, 5.41) is 3.38. The molecule has 3 rings (SSSR count). The van der Waals surface area contributed by atoms with E-state index < -0.39 is 0 Å². The Morgan fingerprint density at radius 2 is 2.08 bits per heavy atom. The van der Waals surface area contributed by atoms with Gasteiger partial charge >= 0.3 is 0 Å². The van der Waals surface area contributed by atoms with E-state index in [2.05, 4.69) is 35.1 Å². The normalized spacial score (nSPS) is 22.1. The molecule has 0 aromatic heterocycles. The van der Waals surface area contributed by atoms with Crippen molar-refractivity contribution in [2.24, 2.45) is 16.1 Å². The average molecular weight is 330 g/mol. The molecule has 2 aliphatic rings. The van der Waals surface area contributed by atoms with E-state index in [0.717, 1.165) is 25.3 Å². The number of rotatable bonds is 5. The first-order valence-corrected chi connectivity index (χ1v) is 9.04. The lowest BCUT2D eigenvalue weighted by Gasteiger charge is -2.29. The van der Waals surface area contributed by atoms with Crippen LogP contribution in [0.15, 0.2) is 29.3 Å². The first-order valence-electron chi connectivity index (χ1n) is 9.04. The van der Waals surface area contributed by atoms with Gasteiger partial charge in [-0.05, 0) is 37.4 Å². The zero-order valence-corrected chi connectivity index (χ0v) is 14.9. The number of hydrogen-bond acceptors (Lipinski definition) is 3. The number of fused-ring (bicyclic) bond motifs is 1. The highest BCUT2D eigenvalue weighted by Crippen LogP contribution is 2.31. The second-order valence-electron chi connectivity index (χ2n) is 7.72. The van der Waals surface area contributed by atoms with Gasteiger partial charge in [-0.3, -0.25) is 4.99 Å². The van der Waals surface area contributed by atoms with E-state index in [4.69, 9.17) is 10.5 Å². The van der Waals surface area contributed by atoms with Crippen molar-refractivity contribution in [1.29, 1.82) is 0 Å². The average Bonchev–Trinajstić information content (AvgIpc) is 3.06. The van der Waals surface area contributed by atoms with Crippen molar-refractivity contribution in [3.05, 3.63) is 29.8 Å². The summed E-state index contributed by atoms with van der Waals surface area (Å²) in [5.74, 6) is 1.48. The fraction of sp³-hybridized carbons (Fsp3) is 0.632. The SMILES string of the molecule is CC(C)(CN=C(N)NC1CCOc2ccccc21)CN1CCCC1. The third kappa shape index (κ3) is 4.41. The third-order valence-electron chi connectivity index (χ3n) is 4.81. The number of hydrogen-bond donors (Lipinski definition) is 2. The van der Waals surface area contributed by atoms with Gasteiger partial charge in [0.25, 0.3) is 0 Å². The summed E-state index contributed by atoms with van der Waals surface area (Å²) in [6.45, 7) is 9.52. The molecule has 0 bridgehead atoms. The van der Waals surface area contributed by atoms with Crippen LogP contribution in [0, 0.1) is 5.41 Å². The van der Waals surface area contributed by atoms with Crippen LogP contribution in [0.1, 0.15) is 44.7 Å². The first kappa shape index (κ1) is 17.1. The Bertz CT molecular complexity index is 578. The highest BCUT2D eigenvalue weighted by atomic mass is 16.5. The molecule has 5 heteroatoms. The Hall–Kier alpha value is -1.75. The molecule has 0 saturated carbocycles. The van der Waals surface area contributed by atoms with E-state index in [-0.39, 0.29) is 11.5 Å². The van der Waals surface area contributed by atoms with Crippen molar-refractivity contribution in [2.45, 2.75) is 39.2 Å². The highest BCUT2D eigenvalue weighted by molar-refractivity contribution is 5.78. The van der Waals surface area contributed by atoms with Crippen LogP contribution < -0.4 is 15.8 Å². The molecule has 0 radical (unpaired) electrons. The Labute approximate surface area is 145 Å². The summed E-state index contributed by atoms with van der Waals surface area (Å²) in [6.07, 6.45) is 3.56. The van der Waals surface area contributed by atoms with Crippen molar-refractivity contribution in [3.63, 3.8) is 0 Å². The smallest absolute Gasteiger partial charge is 0.189 e. The zero-order chi connectivity index (χ0) is 17.0. The molecule has 1 aromatic carbocycles. The zero-order valence-electron chi connectivity index (χ0n) is 14.9. The molecule has 5 nitrogen and oxygen atoms in total. The van der Waals surface area contributed by atoms with Crippen LogP contribution >= 0.6 is 0 Å². The number of nitrogens with two attached hydrogens (primary N) is 1. The summed E-state index contributed by atoms with van der Waals surface area (Å²) in [7, 11) is 0. The molecule has 0 spiro atoms. The Morgan fingerprint density at radius 1 is 1.33 bits per heavy atom. The van der Waals surface area contributed by atoms with E-state index in [1.54, 1.807) is 0 Å². The third-order valence-corrected chi connectivity index (χ3v) is 4.81. The van der Waals surface area contributed by atoms with Gasteiger partial charge in [0.05, 0.1) is 12.6 Å². The molecule has 0 amide bonds. The molecule has 0 aliphatic carbocycles. The molecule has 3 N–H and O–H groups in total. The molecule has 24 heavy (non-hydrogen) atoms. The minimum atomic E-state index is 0.143. The van der Waals surface area contributed by atoms with Gasteiger partial charge in [0.1, 0.15) is 5.75 Å². The van der Waals surface area contributed by atoms with E-state index in [1.807, 2.05) is 18.2 Å². The Balaban J connectivity index is 1.56. The van der Waals surface area contributed by atoms with Crippen LogP contribution in [-0.2, 0) is 0 Å². The monoisotopic (exact) mass is 330 g/mol. The molecule has 1 unspecified atom stereocenters. The molecule has 1 saturated heterocycles. The predicted octanol–water partition coefficient (Wildman–Crippen LogP) is 2.54. The van der Waals surface area contributed by atoms with Crippen molar-refractivity contribution in [3.8, 4) is 5.75 Å². The molecule has 1 fully saturated rings. The lowest BCUT2D eigenvalue weighted by molar-refractivity contribution is 0.216. The maximum absolute atomic E-state index is 6.16. The fourth-order valence-corrected chi connectivity index (χ4v) is 3.61. The molecule has 132 valence electrons. The summed E-state index contributed by atoms with van der Waals surface area (Å²) in [4.78, 5) is 7.16. The molecule has 2 heterocycles. The van der Waals surface area contributed by atoms with Crippen molar-refractivity contribution >= 4 is 5.96 Å². The summed E-state index contributed by atoms with van der Waals surface area (Å²) in [6, 6.07) is 8.32. The minimum Gasteiger partial charge on any atom is -0.493 e. The summed E-state index contributed by atoms with van der Waals surface area (Å²) >= 11 is 0. The van der Waals surface area contributed by atoms with Gasteiger partial charge in [-0.2, -0.15) is 0 Å². The van der Waals surface area contributed by atoms with Crippen molar-refractivity contribution in [1.82, 2.24) is 10.2 Å². The lowest BCUT2D eigenvalue weighted by atomic mass is 9.93. The quantitative estimate of drug-likeness (QED) is 0.643. The largest absolute Gasteiger partial charge is 0.493 e. The molecular formula is C19H30N4O. The van der Waals surface area contributed by atoms with Crippen LogP contribution in [0.5, 0.6) is 5.75 Å². The predicted molar refractivity (Wildman–Crippen MR) is 98.4 cm³/mol. The molecule has 1 aromatic rings. The molecule has 1 atom stereocenters. The second-order valence-corrected chi connectivity index (χ2v) is 7.72. The number of para-hydroxylation sites is 1. The second kappa shape index (κ2) is 7.43. The van der Waals surface area contributed by atoms with Gasteiger partial charge < -0.3 is 20.7 Å². The van der Waals surface area contributed by atoms with Crippen LogP contribution in [-0.4, -0.2) is 43.6 Å². The number of guanidine groups is 1. The Kier molecular flexibility index (Phi) is 5.29. The van der Waals surface area contributed by atoms with Crippen LogP contribution in [0.2, 0.25) is 0 Å². The van der Waals surface area contributed by atoms with Gasteiger partial charge in [-0.15, -0.1) is 0 Å². The van der Waals surface area contributed by atoms with E-state index in [9.17, 15) is 0 Å². The van der Waals surface area contributed by atoms with Crippen LogP contribution in [0.3, 0.4) is 0 Å². The molecule has 2 aliphatic heterocycles. The minimum absolute atomic E-state index is 0.143. The van der Waals surface area contributed by atoms with Crippen molar-refractivity contribution < 1.29 is 4.74 Å². The standard InChI is InChI=1S/C19H30N4O/c1-19(2,14-23-10-5-6-11-23)13-21-18(20)22-16-9-12-24-17-8-4-3-7-15(16)17/h3-4,7-8,16H,5-6,9-14H2,1-2H3,(H3,20,21,22). The number of nitrogens with zero attached hydrogens (tertiary/aromatic N) is 2. The number of ether oxygens (including phenoxy) is 1. The summed E-state index contributed by atoms with van der Waals surface area (Å²) in [5.41, 5.74) is 7.47. The van der Waals surface area contributed by atoms with E-state index >= 15 is 0 Å². The summed E-state index contributed by atoms with van der Waals surface area (Å²) < 4.78 is 5.70. The Morgan fingerprint density at radius 3 is 2.88 bits per heavy atom. The van der Waals surface area contributed by atoms with Crippen LogP contribution in [0.4, 0.5) is 0 Å². The van der Waals surface area contributed by atoms with Crippen molar-refractivity contribution in [2.75, 3.05) is 32.8 Å². The lowest BCUT2D eigenvalue weighted by Crippen LogP contribution is -2.39. The van der Waals surface area contributed by atoms with Gasteiger partial charge in [0, 0.05) is 25.1 Å². The van der Waals surface area contributed by atoms with Gasteiger partial charge in [0.2, 0.25) is 0 Å². The highest BCUT2D eigenvalue weighted by Gasteiger charge is 2.24. The fourth-order valence-electron chi connectivity index (χ4n) is 3.61. The van der Waals surface area contributed by atoms with Gasteiger partial charge in [-0.25, -0.2) is 0 Å². The number of benzene rings is 1. The maximum Gasteiger partial charge on any atom is 0.189 e. The first-order chi connectivity index (χ1) is 11.5. The number of likely N-dealkylation sites (tertiary alicyclic amines) is 1. The van der Waals surface area contributed by atoms with Crippen LogP contribution in [0.25, 0.3) is 0 Å². The van der Waals surface area contributed by atoms with E-state index in [1.165, 1.54) is 31.5 Å².